The monoisotopic (exact) mass is 458 g/mol. The fraction of sp³-hybridized carbons (Fsp3) is 0.348. The molecule has 2 aliphatic rings. The molecule has 0 aromatic heterocycles. The standard InChI is InChI=1S/C23H23BrO5/c1-23(2)17-9-14(29-11-20(27)19(26)10-25)4-6-16(17)22(28)21-15-5-3-13(24)7-12(15)8-18(21)23/h3-7,9,19-20,25-27H,8,10-11H2,1-2H3/t19-,20-/m1/s1. The summed E-state index contributed by atoms with van der Waals surface area (Å²) in [6.45, 7) is 3.54. The average molecular weight is 459 g/mol. The molecule has 6 heteroatoms. The predicted octanol–water partition coefficient (Wildman–Crippen LogP) is 3.03. The number of aliphatic hydroxyl groups is 3. The smallest absolute Gasteiger partial charge is 0.193 e. The van der Waals surface area contributed by atoms with Gasteiger partial charge in [0.15, 0.2) is 5.78 Å². The van der Waals surface area contributed by atoms with Crippen molar-refractivity contribution in [1.82, 2.24) is 0 Å². The third-order valence-electron chi connectivity index (χ3n) is 5.95. The van der Waals surface area contributed by atoms with Gasteiger partial charge in [-0.15, -0.1) is 0 Å². The van der Waals surface area contributed by atoms with Crippen LogP contribution in [-0.2, 0) is 11.8 Å². The van der Waals surface area contributed by atoms with Gasteiger partial charge >= 0.3 is 0 Å². The second kappa shape index (κ2) is 7.36. The van der Waals surface area contributed by atoms with Crippen LogP contribution in [0.1, 0.15) is 40.9 Å². The number of hydrogen-bond acceptors (Lipinski definition) is 5. The van der Waals surface area contributed by atoms with Gasteiger partial charge in [-0.3, -0.25) is 4.79 Å². The molecule has 0 saturated heterocycles. The molecular formula is C23H23BrO5. The fourth-order valence-corrected chi connectivity index (χ4v) is 4.63. The summed E-state index contributed by atoms with van der Waals surface area (Å²) in [4.78, 5) is 13.3. The summed E-state index contributed by atoms with van der Waals surface area (Å²) in [5.74, 6) is 0.536. The number of fused-ring (bicyclic) bond motifs is 3. The Morgan fingerprint density at radius 3 is 2.55 bits per heavy atom. The first kappa shape index (κ1) is 20.3. The zero-order valence-electron chi connectivity index (χ0n) is 16.3. The predicted molar refractivity (Wildman–Crippen MR) is 113 cm³/mol. The molecule has 0 amide bonds. The van der Waals surface area contributed by atoms with Crippen molar-refractivity contribution in [2.45, 2.75) is 37.9 Å². The summed E-state index contributed by atoms with van der Waals surface area (Å²) in [6, 6.07) is 11.4. The normalized spacial score (nSPS) is 18.8. The van der Waals surface area contributed by atoms with Gasteiger partial charge < -0.3 is 20.1 Å². The van der Waals surface area contributed by atoms with E-state index in [0.717, 1.165) is 38.7 Å². The average Bonchev–Trinajstić information content (AvgIpc) is 3.09. The molecule has 2 aromatic rings. The maximum absolute atomic E-state index is 13.3. The first-order valence-electron chi connectivity index (χ1n) is 9.55. The summed E-state index contributed by atoms with van der Waals surface area (Å²) in [7, 11) is 0. The van der Waals surface area contributed by atoms with Crippen LogP contribution >= 0.6 is 15.9 Å². The molecule has 0 fully saturated rings. The van der Waals surface area contributed by atoms with Gasteiger partial charge in [0.05, 0.1) is 6.61 Å². The molecule has 3 N–H and O–H groups in total. The lowest BCUT2D eigenvalue weighted by Gasteiger charge is -2.34. The Kier molecular flexibility index (Phi) is 5.15. The summed E-state index contributed by atoms with van der Waals surface area (Å²) < 4.78 is 6.62. The van der Waals surface area contributed by atoms with E-state index in [1.807, 2.05) is 18.2 Å². The van der Waals surface area contributed by atoms with Gasteiger partial charge in [0, 0.05) is 21.0 Å². The van der Waals surface area contributed by atoms with Gasteiger partial charge in [-0.2, -0.15) is 0 Å². The fourth-order valence-electron chi connectivity index (χ4n) is 4.23. The minimum absolute atomic E-state index is 0.0256. The number of ether oxygens (including phenoxy) is 1. The molecule has 29 heavy (non-hydrogen) atoms. The Balaban J connectivity index is 1.68. The van der Waals surface area contributed by atoms with Crippen LogP contribution in [0.5, 0.6) is 5.75 Å². The van der Waals surface area contributed by atoms with Crippen molar-refractivity contribution in [1.29, 1.82) is 0 Å². The number of Topliss-reactive ketones (excluding diaryl/α,β-unsaturated/α-hetero) is 1. The molecular weight excluding hydrogens is 436 g/mol. The van der Waals surface area contributed by atoms with Gasteiger partial charge in [0.1, 0.15) is 24.6 Å². The number of carbonyl (C=O) groups is 1. The molecule has 2 aromatic carbocycles. The summed E-state index contributed by atoms with van der Waals surface area (Å²) >= 11 is 3.52. The van der Waals surface area contributed by atoms with Gasteiger partial charge in [-0.05, 0) is 59.0 Å². The van der Waals surface area contributed by atoms with Crippen LogP contribution in [-0.4, -0.2) is 46.5 Å². The van der Waals surface area contributed by atoms with E-state index < -0.39 is 18.8 Å². The van der Waals surface area contributed by atoms with E-state index in [1.54, 1.807) is 12.1 Å². The maximum atomic E-state index is 13.3. The molecule has 4 rings (SSSR count). The van der Waals surface area contributed by atoms with E-state index in [1.165, 1.54) is 0 Å². The van der Waals surface area contributed by atoms with Crippen molar-refractivity contribution < 1.29 is 24.9 Å². The quantitative estimate of drug-likeness (QED) is 0.640. The Bertz CT molecular complexity index is 1020. The minimum atomic E-state index is -1.25. The van der Waals surface area contributed by atoms with Crippen LogP contribution in [0.3, 0.4) is 0 Å². The van der Waals surface area contributed by atoms with Crippen molar-refractivity contribution in [3.63, 3.8) is 0 Å². The minimum Gasteiger partial charge on any atom is -0.491 e. The van der Waals surface area contributed by atoms with Gasteiger partial charge in [-0.25, -0.2) is 0 Å². The lowest BCUT2D eigenvalue weighted by atomic mass is 9.68. The van der Waals surface area contributed by atoms with Crippen LogP contribution in [0.15, 0.2) is 46.4 Å². The van der Waals surface area contributed by atoms with Crippen molar-refractivity contribution in [2.75, 3.05) is 13.2 Å². The highest BCUT2D eigenvalue weighted by Gasteiger charge is 2.42. The SMILES string of the molecule is CC1(C)C2=C(C(=O)c3ccc(OC[C@@H](O)[C@H](O)CO)cc31)c1ccc(Br)cc1C2. The van der Waals surface area contributed by atoms with Crippen LogP contribution in [0.4, 0.5) is 0 Å². The van der Waals surface area contributed by atoms with Crippen molar-refractivity contribution >= 4 is 27.3 Å². The lowest BCUT2D eigenvalue weighted by Crippen LogP contribution is -2.34. The highest BCUT2D eigenvalue weighted by Crippen LogP contribution is 2.50. The Morgan fingerprint density at radius 1 is 1.10 bits per heavy atom. The second-order valence-electron chi connectivity index (χ2n) is 8.12. The number of rotatable bonds is 5. The van der Waals surface area contributed by atoms with Gasteiger partial charge in [-0.1, -0.05) is 35.8 Å². The number of aliphatic hydroxyl groups excluding tert-OH is 3. The lowest BCUT2D eigenvalue weighted by molar-refractivity contribution is -0.0339. The molecule has 0 radical (unpaired) electrons. The van der Waals surface area contributed by atoms with Crippen LogP contribution in [0, 0.1) is 0 Å². The highest BCUT2D eigenvalue weighted by molar-refractivity contribution is 9.10. The number of ketones is 1. The van der Waals surface area contributed by atoms with Crippen molar-refractivity contribution in [3.05, 3.63) is 68.7 Å². The molecule has 2 atom stereocenters. The zero-order chi connectivity index (χ0) is 20.9. The first-order valence-corrected chi connectivity index (χ1v) is 10.3. The highest BCUT2D eigenvalue weighted by atomic mass is 79.9. The third-order valence-corrected chi connectivity index (χ3v) is 6.44. The summed E-state index contributed by atoms with van der Waals surface area (Å²) in [5.41, 5.74) is 5.27. The molecule has 0 heterocycles. The third kappa shape index (κ3) is 3.34. The maximum Gasteiger partial charge on any atom is 0.193 e. The first-order chi connectivity index (χ1) is 13.7. The molecule has 0 unspecified atom stereocenters. The molecule has 0 bridgehead atoms. The van der Waals surface area contributed by atoms with E-state index in [-0.39, 0.29) is 17.8 Å². The Labute approximate surface area is 177 Å². The number of halogens is 1. The molecule has 2 aliphatic carbocycles. The second-order valence-corrected chi connectivity index (χ2v) is 9.04. The summed E-state index contributed by atoms with van der Waals surface area (Å²) in [6.07, 6.45) is -1.72. The van der Waals surface area contributed by atoms with E-state index in [0.29, 0.717) is 11.3 Å². The van der Waals surface area contributed by atoms with Gasteiger partial charge in [0.25, 0.3) is 0 Å². The topological polar surface area (TPSA) is 87.0 Å². The zero-order valence-corrected chi connectivity index (χ0v) is 17.9. The molecule has 5 nitrogen and oxygen atoms in total. The van der Waals surface area contributed by atoms with Crippen LogP contribution in [0.2, 0.25) is 0 Å². The van der Waals surface area contributed by atoms with Crippen LogP contribution < -0.4 is 4.74 Å². The van der Waals surface area contributed by atoms with Crippen molar-refractivity contribution in [3.8, 4) is 5.75 Å². The Morgan fingerprint density at radius 2 is 1.83 bits per heavy atom. The van der Waals surface area contributed by atoms with E-state index in [9.17, 15) is 15.0 Å². The Hall–Kier alpha value is -1.99. The van der Waals surface area contributed by atoms with E-state index >= 15 is 0 Å². The van der Waals surface area contributed by atoms with E-state index in [2.05, 4.69) is 35.8 Å². The van der Waals surface area contributed by atoms with Crippen LogP contribution in [0.25, 0.3) is 5.57 Å². The number of allylic oxidation sites excluding steroid dienone is 2. The summed E-state index contributed by atoms with van der Waals surface area (Å²) in [5, 5.41) is 28.2. The molecule has 0 saturated carbocycles. The van der Waals surface area contributed by atoms with Gasteiger partial charge in [0.2, 0.25) is 0 Å². The molecule has 0 aliphatic heterocycles. The number of hydrogen-bond donors (Lipinski definition) is 3. The molecule has 0 spiro atoms. The van der Waals surface area contributed by atoms with Crippen molar-refractivity contribution in [2.24, 2.45) is 0 Å². The van der Waals surface area contributed by atoms with E-state index in [4.69, 9.17) is 9.84 Å². The largest absolute Gasteiger partial charge is 0.491 e. The molecule has 152 valence electrons. The number of carbonyl (C=O) groups excluding carboxylic acids is 1. The number of benzene rings is 2.